The van der Waals surface area contributed by atoms with Crippen molar-refractivity contribution in [2.75, 3.05) is 39.3 Å². The van der Waals surface area contributed by atoms with E-state index in [4.69, 9.17) is 4.74 Å². The molecule has 1 N–H and O–H groups in total. The first-order valence-electron chi connectivity index (χ1n) is 9.66. The summed E-state index contributed by atoms with van der Waals surface area (Å²) in [4.78, 5) is 16.9. The molecule has 1 amide bonds. The van der Waals surface area contributed by atoms with Crippen LogP contribution in [-0.4, -0.2) is 61.1 Å². The van der Waals surface area contributed by atoms with Gasteiger partial charge in [-0.05, 0) is 42.9 Å². The first-order chi connectivity index (χ1) is 12.2. The Morgan fingerprint density at radius 1 is 1.24 bits per heavy atom. The summed E-state index contributed by atoms with van der Waals surface area (Å²) in [6.45, 7) is 8.48. The molecule has 2 heterocycles. The SMILES string of the molecule is C[C@@H](NC(=O)CN1CCN(Cc2ccc3c(c2)CCO3)CC1)C1CC1. The predicted octanol–water partition coefficient (Wildman–Crippen LogP) is 1.65. The number of ether oxygens (including phenoxy) is 1. The van der Waals surface area contributed by atoms with Crippen LogP contribution in [0.1, 0.15) is 30.9 Å². The van der Waals surface area contributed by atoms with Gasteiger partial charge in [-0.2, -0.15) is 0 Å². The van der Waals surface area contributed by atoms with Gasteiger partial charge in [0.1, 0.15) is 5.75 Å². The van der Waals surface area contributed by atoms with Gasteiger partial charge in [0.2, 0.25) is 5.91 Å². The fourth-order valence-electron chi connectivity index (χ4n) is 3.92. The molecule has 1 aromatic carbocycles. The van der Waals surface area contributed by atoms with Crippen molar-refractivity contribution in [2.24, 2.45) is 5.92 Å². The summed E-state index contributed by atoms with van der Waals surface area (Å²) in [5, 5.41) is 3.16. The monoisotopic (exact) mass is 343 g/mol. The molecule has 136 valence electrons. The average Bonchev–Trinajstić information content (AvgIpc) is 3.35. The molecule has 1 atom stereocenters. The van der Waals surface area contributed by atoms with Gasteiger partial charge in [0.15, 0.2) is 0 Å². The average molecular weight is 343 g/mol. The number of fused-ring (bicyclic) bond motifs is 1. The molecule has 5 heteroatoms. The van der Waals surface area contributed by atoms with Gasteiger partial charge in [0.05, 0.1) is 13.2 Å². The van der Waals surface area contributed by atoms with Crippen LogP contribution in [0.25, 0.3) is 0 Å². The van der Waals surface area contributed by atoms with E-state index >= 15 is 0 Å². The number of carbonyl (C=O) groups is 1. The Bertz CT molecular complexity index is 621. The topological polar surface area (TPSA) is 44.8 Å². The van der Waals surface area contributed by atoms with Crippen molar-refractivity contribution in [1.29, 1.82) is 0 Å². The highest BCUT2D eigenvalue weighted by molar-refractivity contribution is 5.78. The summed E-state index contributed by atoms with van der Waals surface area (Å²) >= 11 is 0. The molecule has 4 rings (SSSR count). The van der Waals surface area contributed by atoms with Gasteiger partial charge < -0.3 is 10.1 Å². The normalized spacial score (nSPS) is 22.3. The molecule has 0 spiro atoms. The van der Waals surface area contributed by atoms with Gasteiger partial charge in [0.25, 0.3) is 0 Å². The quantitative estimate of drug-likeness (QED) is 0.853. The second-order valence-corrected chi connectivity index (χ2v) is 7.79. The lowest BCUT2D eigenvalue weighted by atomic mass is 10.1. The van der Waals surface area contributed by atoms with E-state index < -0.39 is 0 Å². The standard InChI is InChI=1S/C20H29N3O2/c1-15(17-3-4-17)21-20(24)14-23-9-7-22(8-10-23)13-16-2-5-19-18(12-16)6-11-25-19/h2,5,12,15,17H,3-4,6-11,13-14H2,1H3,(H,21,24)/t15-/m1/s1. The highest BCUT2D eigenvalue weighted by Gasteiger charge is 2.29. The first-order valence-corrected chi connectivity index (χ1v) is 9.66. The fourth-order valence-corrected chi connectivity index (χ4v) is 3.92. The Kier molecular flexibility index (Phi) is 4.95. The molecule has 2 aliphatic heterocycles. The van der Waals surface area contributed by atoms with Gasteiger partial charge in [-0.25, -0.2) is 0 Å². The lowest BCUT2D eigenvalue weighted by molar-refractivity contribution is -0.123. The molecule has 0 bridgehead atoms. The molecule has 1 saturated heterocycles. The Morgan fingerprint density at radius 3 is 2.76 bits per heavy atom. The van der Waals surface area contributed by atoms with Crippen molar-refractivity contribution in [3.63, 3.8) is 0 Å². The third kappa shape index (κ3) is 4.33. The maximum atomic E-state index is 12.2. The van der Waals surface area contributed by atoms with E-state index in [-0.39, 0.29) is 5.91 Å². The van der Waals surface area contributed by atoms with Crippen LogP contribution in [0, 0.1) is 5.92 Å². The molecule has 1 aromatic rings. The largest absolute Gasteiger partial charge is 0.493 e. The smallest absolute Gasteiger partial charge is 0.234 e. The second kappa shape index (κ2) is 7.34. The van der Waals surface area contributed by atoms with Gasteiger partial charge >= 0.3 is 0 Å². The van der Waals surface area contributed by atoms with E-state index in [2.05, 4.69) is 40.2 Å². The molecule has 0 radical (unpaired) electrons. The zero-order chi connectivity index (χ0) is 17.2. The minimum Gasteiger partial charge on any atom is -0.493 e. The van der Waals surface area contributed by atoms with Crippen LogP contribution in [0.2, 0.25) is 0 Å². The molecule has 5 nitrogen and oxygen atoms in total. The number of nitrogens with one attached hydrogen (secondary N) is 1. The maximum absolute atomic E-state index is 12.2. The van der Waals surface area contributed by atoms with Crippen LogP contribution < -0.4 is 10.1 Å². The molecular formula is C20H29N3O2. The van der Waals surface area contributed by atoms with Gasteiger partial charge in [-0.15, -0.1) is 0 Å². The van der Waals surface area contributed by atoms with E-state index in [1.807, 2.05) is 0 Å². The first kappa shape index (κ1) is 16.9. The van der Waals surface area contributed by atoms with E-state index in [0.29, 0.717) is 12.6 Å². The Hall–Kier alpha value is -1.59. The van der Waals surface area contributed by atoms with E-state index in [1.165, 1.54) is 24.0 Å². The maximum Gasteiger partial charge on any atom is 0.234 e. The highest BCUT2D eigenvalue weighted by Crippen LogP contribution is 2.32. The lowest BCUT2D eigenvalue weighted by Crippen LogP contribution is -2.50. The van der Waals surface area contributed by atoms with Crippen molar-refractivity contribution in [3.8, 4) is 5.75 Å². The Balaban J connectivity index is 1.21. The molecule has 3 aliphatic rings. The summed E-state index contributed by atoms with van der Waals surface area (Å²) < 4.78 is 5.58. The number of hydrogen-bond acceptors (Lipinski definition) is 4. The zero-order valence-corrected chi connectivity index (χ0v) is 15.2. The highest BCUT2D eigenvalue weighted by atomic mass is 16.5. The fraction of sp³-hybridized carbons (Fsp3) is 0.650. The molecule has 1 aliphatic carbocycles. The van der Waals surface area contributed by atoms with Crippen LogP contribution in [0.15, 0.2) is 18.2 Å². The molecular weight excluding hydrogens is 314 g/mol. The van der Waals surface area contributed by atoms with Gasteiger partial charge in [-0.1, -0.05) is 12.1 Å². The second-order valence-electron chi connectivity index (χ2n) is 7.79. The summed E-state index contributed by atoms with van der Waals surface area (Å²) in [6.07, 6.45) is 3.58. The molecule has 2 fully saturated rings. The molecule has 1 saturated carbocycles. The number of benzene rings is 1. The van der Waals surface area contributed by atoms with Crippen molar-refractivity contribution >= 4 is 5.91 Å². The molecule has 25 heavy (non-hydrogen) atoms. The molecule has 0 unspecified atom stereocenters. The van der Waals surface area contributed by atoms with Crippen molar-refractivity contribution < 1.29 is 9.53 Å². The summed E-state index contributed by atoms with van der Waals surface area (Å²) in [6, 6.07) is 6.93. The number of nitrogens with zero attached hydrogens (tertiary/aromatic N) is 2. The van der Waals surface area contributed by atoms with Gasteiger partial charge in [0, 0.05) is 45.2 Å². The lowest BCUT2D eigenvalue weighted by Gasteiger charge is -2.34. The zero-order valence-electron chi connectivity index (χ0n) is 15.2. The summed E-state index contributed by atoms with van der Waals surface area (Å²) in [5.41, 5.74) is 2.71. The van der Waals surface area contributed by atoms with Crippen LogP contribution in [0.4, 0.5) is 0 Å². The van der Waals surface area contributed by atoms with Crippen LogP contribution in [0.3, 0.4) is 0 Å². The van der Waals surface area contributed by atoms with Crippen molar-refractivity contribution in [3.05, 3.63) is 29.3 Å². The van der Waals surface area contributed by atoms with E-state index in [0.717, 1.165) is 57.4 Å². The summed E-state index contributed by atoms with van der Waals surface area (Å²) in [7, 11) is 0. The van der Waals surface area contributed by atoms with Crippen LogP contribution >= 0.6 is 0 Å². The summed E-state index contributed by atoms with van der Waals surface area (Å²) in [5.74, 6) is 1.96. The van der Waals surface area contributed by atoms with Crippen molar-refractivity contribution in [1.82, 2.24) is 15.1 Å². The third-order valence-corrected chi connectivity index (χ3v) is 5.71. The Labute approximate surface area is 150 Å². The minimum atomic E-state index is 0.187. The van der Waals surface area contributed by atoms with Crippen molar-refractivity contribution in [2.45, 2.75) is 38.8 Å². The predicted molar refractivity (Wildman–Crippen MR) is 97.7 cm³/mol. The number of carbonyl (C=O) groups excluding carboxylic acids is 1. The third-order valence-electron chi connectivity index (χ3n) is 5.71. The van der Waals surface area contributed by atoms with Gasteiger partial charge in [-0.3, -0.25) is 14.6 Å². The molecule has 0 aromatic heterocycles. The number of piperazine rings is 1. The minimum absolute atomic E-state index is 0.187. The number of hydrogen-bond donors (Lipinski definition) is 1. The van der Waals surface area contributed by atoms with Crippen LogP contribution in [-0.2, 0) is 17.8 Å². The number of amides is 1. The van der Waals surface area contributed by atoms with Crippen LogP contribution in [0.5, 0.6) is 5.75 Å². The van der Waals surface area contributed by atoms with E-state index in [9.17, 15) is 4.79 Å². The number of rotatable bonds is 6. The Morgan fingerprint density at radius 2 is 2.00 bits per heavy atom. The van der Waals surface area contributed by atoms with E-state index in [1.54, 1.807) is 0 Å².